The van der Waals surface area contributed by atoms with Gasteiger partial charge in [-0.25, -0.2) is 17.6 Å². The summed E-state index contributed by atoms with van der Waals surface area (Å²) in [4.78, 5) is 12.0. The SMILES string of the molecule is C=CC1C(C(=O)OCc2c(F)c(F)c(COC)c(F)c2F)C1(C)C. The number of hydrogen-bond acceptors (Lipinski definition) is 3. The monoisotopic (exact) mass is 346 g/mol. The zero-order valence-electron chi connectivity index (χ0n) is 13.6. The van der Waals surface area contributed by atoms with E-state index in [4.69, 9.17) is 4.74 Å². The second-order valence-corrected chi connectivity index (χ2v) is 6.31. The van der Waals surface area contributed by atoms with E-state index in [-0.39, 0.29) is 11.3 Å². The first-order valence-electron chi connectivity index (χ1n) is 7.30. The average Bonchev–Trinajstić information content (AvgIpc) is 3.10. The van der Waals surface area contributed by atoms with Gasteiger partial charge in [0.05, 0.1) is 23.7 Å². The molecular weight excluding hydrogens is 328 g/mol. The Hall–Kier alpha value is -1.89. The van der Waals surface area contributed by atoms with Gasteiger partial charge >= 0.3 is 5.97 Å². The van der Waals surface area contributed by atoms with Crippen LogP contribution in [-0.4, -0.2) is 13.1 Å². The second kappa shape index (κ2) is 6.55. The molecule has 1 fully saturated rings. The number of halogens is 4. The second-order valence-electron chi connectivity index (χ2n) is 6.31. The molecule has 1 aromatic rings. The number of esters is 1. The van der Waals surface area contributed by atoms with Crippen molar-refractivity contribution >= 4 is 5.97 Å². The van der Waals surface area contributed by atoms with Crippen molar-refractivity contribution in [3.8, 4) is 0 Å². The summed E-state index contributed by atoms with van der Waals surface area (Å²) in [6.07, 6.45) is 1.60. The van der Waals surface area contributed by atoms with E-state index in [1.807, 2.05) is 13.8 Å². The lowest BCUT2D eigenvalue weighted by Crippen LogP contribution is -2.15. The third-order valence-electron chi connectivity index (χ3n) is 4.51. The molecule has 0 aliphatic heterocycles. The Morgan fingerprint density at radius 1 is 1.08 bits per heavy atom. The van der Waals surface area contributed by atoms with Crippen molar-refractivity contribution < 1.29 is 31.8 Å². The van der Waals surface area contributed by atoms with Crippen LogP contribution < -0.4 is 0 Å². The number of hydrogen-bond donors (Lipinski definition) is 0. The molecule has 0 bridgehead atoms. The Kier molecular flexibility index (Phi) is 5.03. The van der Waals surface area contributed by atoms with Gasteiger partial charge in [0.1, 0.15) is 6.61 Å². The summed E-state index contributed by atoms with van der Waals surface area (Å²) in [5.74, 6) is -7.60. The van der Waals surface area contributed by atoms with Crippen LogP contribution in [0.4, 0.5) is 17.6 Å². The van der Waals surface area contributed by atoms with E-state index in [0.29, 0.717) is 0 Å². The van der Waals surface area contributed by atoms with Crippen LogP contribution in [0.1, 0.15) is 25.0 Å². The Morgan fingerprint density at radius 3 is 1.92 bits per heavy atom. The molecule has 0 saturated heterocycles. The lowest BCUT2D eigenvalue weighted by Gasteiger charge is -2.12. The maximum Gasteiger partial charge on any atom is 0.310 e. The highest BCUT2D eigenvalue weighted by molar-refractivity contribution is 5.78. The summed E-state index contributed by atoms with van der Waals surface area (Å²) in [6.45, 7) is 5.74. The molecule has 2 rings (SSSR count). The lowest BCUT2D eigenvalue weighted by atomic mass is 10.1. The van der Waals surface area contributed by atoms with Crippen LogP contribution in [-0.2, 0) is 27.5 Å². The van der Waals surface area contributed by atoms with Gasteiger partial charge in [0.2, 0.25) is 0 Å². The maximum atomic E-state index is 13.9. The normalized spacial score (nSPS) is 21.5. The molecule has 132 valence electrons. The number of ether oxygens (including phenoxy) is 2. The fraction of sp³-hybridized carbons (Fsp3) is 0.471. The Morgan fingerprint density at radius 2 is 1.54 bits per heavy atom. The summed E-state index contributed by atoms with van der Waals surface area (Å²) in [6, 6.07) is 0. The van der Waals surface area contributed by atoms with E-state index in [2.05, 4.69) is 11.3 Å². The lowest BCUT2D eigenvalue weighted by molar-refractivity contribution is -0.147. The fourth-order valence-electron chi connectivity index (χ4n) is 2.92. The molecule has 24 heavy (non-hydrogen) atoms. The molecule has 1 aliphatic carbocycles. The van der Waals surface area contributed by atoms with Crippen molar-refractivity contribution in [3.63, 3.8) is 0 Å². The third kappa shape index (κ3) is 2.92. The van der Waals surface area contributed by atoms with Crippen molar-refractivity contribution in [2.45, 2.75) is 27.1 Å². The van der Waals surface area contributed by atoms with Gasteiger partial charge in [-0.2, -0.15) is 0 Å². The maximum absolute atomic E-state index is 13.9. The Bertz CT molecular complexity index is 656. The van der Waals surface area contributed by atoms with E-state index in [9.17, 15) is 22.4 Å². The Balaban J connectivity index is 2.19. The quantitative estimate of drug-likeness (QED) is 0.339. The molecule has 1 saturated carbocycles. The van der Waals surface area contributed by atoms with Gasteiger partial charge in [0.15, 0.2) is 23.3 Å². The van der Waals surface area contributed by atoms with Gasteiger partial charge in [-0.3, -0.25) is 4.79 Å². The van der Waals surface area contributed by atoms with Crippen molar-refractivity contribution in [2.24, 2.45) is 17.3 Å². The number of benzene rings is 1. The smallest absolute Gasteiger partial charge is 0.310 e. The minimum Gasteiger partial charge on any atom is -0.460 e. The van der Waals surface area contributed by atoms with E-state index in [1.54, 1.807) is 6.08 Å². The number of carbonyl (C=O) groups is 1. The molecule has 0 heterocycles. The molecule has 0 spiro atoms. The highest BCUT2D eigenvalue weighted by Crippen LogP contribution is 2.59. The molecular formula is C17H18F4O3. The van der Waals surface area contributed by atoms with Crippen molar-refractivity contribution in [3.05, 3.63) is 47.1 Å². The molecule has 0 radical (unpaired) electrons. The Labute approximate surface area is 137 Å². The zero-order chi connectivity index (χ0) is 18.2. The molecule has 7 heteroatoms. The summed E-state index contributed by atoms with van der Waals surface area (Å²) in [5.41, 5.74) is -2.18. The first-order valence-corrected chi connectivity index (χ1v) is 7.30. The van der Waals surface area contributed by atoms with Gasteiger partial charge in [-0.15, -0.1) is 6.58 Å². The molecule has 1 aliphatic rings. The first kappa shape index (κ1) is 18.4. The molecule has 0 N–H and O–H groups in total. The van der Waals surface area contributed by atoms with Crippen LogP contribution in [0.5, 0.6) is 0 Å². The number of rotatable bonds is 6. The van der Waals surface area contributed by atoms with Crippen molar-refractivity contribution in [2.75, 3.05) is 7.11 Å². The first-order chi connectivity index (χ1) is 11.2. The fourth-order valence-corrected chi connectivity index (χ4v) is 2.92. The minimum absolute atomic E-state index is 0.114. The molecule has 0 aromatic heterocycles. The average molecular weight is 346 g/mol. The minimum atomic E-state index is -1.59. The van der Waals surface area contributed by atoms with Gasteiger partial charge in [0.25, 0.3) is 0 Å². The van der Waals surface area contributed by atoms with Gasteiger partial charge in [0, 0.05) is 7.11 Å². The van der Waals surface area contributed by atoms with E-state index >= 15 is 0 Å². The van der Waals surface area contributed by atoms with Crippen LogP contribution >= 0.6 is 0 Å². The molecule has 3 nitrogen and oxygen atoms in total. The summed E-state index contributed by atoms with van der Waals surface area (Å²) in [7, 11) is 1.14. The van der Waals surface area contributed by atoms with E-state index in [1.165, 1.54) is 0 Å². The number of carbonyl (C=O) groups excluding carboxylic acids is 1. The topological polar surface area (TPSA) is 35.5 Å². The highest BCUT2D eigenvalue weighted by Gasteiger charge is 2.61. The van der Waals surface area contributed by atoms with Gasteiger partial charge in [-0.05, 0) is 11.3 Å². The summed E-state index contributed by atoms with van der Waals surface area (Å²) in [5, 5.41) is 0. The standard InChI is InChI=1S/C17H18F4O3/c1-5-10-11(17(10,2)3)16(22)24-7-9-14(20)12(18)8(6-23-4)13(19)15(9)21/h5,10-11H,1,6-7H2,2-4H3. The van der Waals surface area contributed by atoms with E-state index in [0.717, 1.165) is 7.11 Å². The third-order valence-corrected chi connectivity index (χ3v) is 4.51. The van der Waals surface area contributed by atoms with Crippen LogP contribution in [0.25, 0.3) is 0 Å². The van der Waals surface area contributed by atoms with Crippen LogP contribution in [0.2, 0.25) is 0 Å². The van der Waals surface area contributed by atoms with Crippen molar-refractivity contribution in [1.29, 1.82) is 0 Å². The van der Waals surface area contributed by atoms with Gasteiger partial charge in [-0.1, -0.05) is 19.9 Å². The summed E-state index contributed by atoms with van der Waals surface area (Å²) < 4.78 is 64.9. The highest BCUT2D eigenvalue weighted by atomic mass is 19.2. The zero-order valence-corrected chi connectivity index (χ0v) is 13.6. The van der Waals surface area contributed by atoms with Crippen LogP contribution in [0.15, 0.2) is 12.7 Å². The largest absolute Gasteiger partial charge is 0.460 e. The molecule has 1 aromatic carbocycles. The number of allylic oxidation sites excluding steroid dienone is 1. The predicted octanol–water partition coefficient (Wildman–Crippen LogP) is 3.89. The molecule has 0 amide bonds. The molecule has 2 atom stereocenters. The predicted molar refractivity (Wildman–Crippen MR) is 77.7 cm³/mol. The van der Waals surface area contributed by atoms with Crippen molar-refractivity contribution in [1.82, 2.24) is 0 Å². The van der Waals surface area contributed by atoms with Gasteiger partial charge < -0.3 is 9.47 Å². The molecule has 2 unspecified atom stereocenters. The summed E-state index contributed by atoms with van der Waals surface area (Å²) >= 11 is 0. The van der Waals surface area contributed by atoms with E-state index < -0.39 is 59.5 Å². The van der Waals surface area contributed by atoms with Crippen LogP contribution in [0, 0.1) is 40.5 Å². The number of methoxy groups -OCH3 is 1. The van der Waals surface area contributed by atoms with Crippen LogP contribution in [0.3, 0.4) is 0 Å².